The number of carbonyl (C=O) groups excluding carboxylic acids is 1. The Balaban J connectivity index is 0.000000343. The second kappa shape index (κ2) is 11.9. The summed E-state index contributed by atoms with van der Waals surface area (Å²) in [5.74, 6) is -0.942. The van der Waals surface area contributed by atoms with Crippen LogP contribution in [0.2, 0.25) is 5.02 Å². The number of methoxy groups -OCH3 is 1. The zero-order valence-corrected chi connectivity index (χ0v) is 20.0. The third-order valence-electron chi connectivity index (χ3n) is 4.90. The van der Waals surface area contributed by atoms with Gasteiger partial charge in [0.1, 0.15) is 10.5 Å². The molecule has 0 fully saturated rings. The van der Waals surface area contributed by atoms with Gasteiger partial charge in [-0.3, -0.25) is 5.41 Å². The van der Waals surface area contributed by atoms with Crippen LogP contribution in [0.25, 0.3) is 0 Å². The molecule has 1 aromatic carbocycles. The molecular formula is C21H28ClFN4O4S. The van der Waals surface area contributed by atoms with E-state index in [0.29, 0.717) is 26.5 Å². The molecule has 0 saturated heterocycles. The van der Waals surface area contributed by atoms with Crippen molar-refractivity contribution in [3.63, 3.8) is 0 Å². The van der Waals surface area contributed by atoms with E-state index in [4.69, 9.17) is 45.4 Å². The molecule has 11 heteroatoms. The number of hydrogen-bond donors (Lipinski definition) is 5. The molecule has 7 N–H and O–H groups in total. The van der Waals surface area contributed by atoms with Crippen LogP contribution >= 0.6 is 23.8 Å². The summed E-state index contributed by atoms with van der Waals surface area (Å²) in [6.45, 7) is 6.93. The Morgan fingerprint density at radius 2 is 1.91 bits per heavy atom. The molecule has 0 spiro atoms. The molecule has 3 unspecified atom stereocenters. The molecular weight excluding hydrogens is 459 g/mol. The number of aliphatic hydroxyl groups is 1. The van der Waals surface area contributed by atoms with Crippen molar-refractivity contribution in [2.24, 2.45) is 11.5 Å². The van der Waals surface area contributed by atoms with Crippen molar-refractivity contribution in [1.82, 2.24) is 4.98 Å². The Kier molecular flexibility index (Phi) is 10.2. The van der Waals surface area contributed by atoms with Crippen LogP contribution in [0.15, 0.2) is 18.3 Å². The number of rotatable bonds is 5. The highest BCUT2D eigenvalue weighted by Gasteiger charge is 2.26. The van der Waals surface area contributed by atoms with Gasteiger partial charge in [-0.1, -0.05) is 36.8 Å². The maximum absolute atomic E-state index is 13.9. The number of halogens is 2. The number of ether oxygens (including phenoxy) is 2. The molecule has 176 valence electrons. The van der Waals surface area contributed by atoms with Crippen molar-refractivity contribution in [2.75, 3.05) is 7.11 Å². The van der Waals surface area contributed by atoms with E-state index in [-0.39, 0.29) is 0 Å². The Morgan fingerprint density at radius 3 is 2.38 bits per heavy atom. The van der Waals surface area contributed by atoms with Crippen LogP contribution in [0.3, 0.4) is 0 Å². The molecule has 2 rings (SSSR count). The Labute approximate surface area is 196 Å². The van der Waals surface area contributed by atoms with Crippen LogP contribution in [-0.4, -0.2) is 35.2 Å². The summed E-state index contributed by atoms with van der Waals surface area (Å²) >= 11 is 10.8. The van der Waals surface area contributed by atoms with Gasteiger partial charge in [0.05, 0.1) is 24.3 Å². The smallest absolute Gasteiger partial charge is 0.411 e. The van der Waals surface area contributed by atoms with Crippen molar-refractivity contribution in [3.05, 3.63) is 56.1 Å². The van der Waals surface area contributed by atoms with Gasteiger partial charge in [0.15, 0.2) is 5.75 Å². The zero-order valence-electron chi connectivity index (χ0n) is 18.5. The minimum atomic E-state index is -1.10. The van der Waals surface area contributed by atoms with Crippen molar-refractivity contribution in [1.29, 1.82) is 5.41 Å². The maximum Gasteiger partial charge on any atom is 0.411 e. The van der Waals surface area contributed by atoms with Crippen LogP contribution in [0.5, 0.6) is 5.75 Å². The molecule has 0 radical (unpaired) electrons. The normalized spacial score (nSPS) is 13.3. The number of aromatic amines is 1. The van der Waals surface area contributed by atoms with E-state index in [1.165, 1.54) is 19.4 Å². The van der Waals surface area contributed by atoms with E-state index in [0.717, 1.165) is 11.1 Å². The number of primary amides is 1. The van der Waals surface area contributed by atoms with Crippen LogP contribution < -0.4 is 16.2 Å². The number of benzene rings is 1. The summed E-state index contributed by atoms with van der Waals surface area (Å²) in [6, 6.07) is 2.10. The number of aromatic nitrogens is 1. The molecule has 1 heterocycles. The highest BCUT2D eigenvalue weighted by atomic mass is 35.5. The molecule has 1 amide bonds. The van der Waals surface area contributed by atoms with Gasteiger partial charge < -0.3 is 31.0 Å². The number of pyridine rings is 1. The predicted molar refractivity (Wildman–Crippen MR) is 124 cm³/mol. The Morgan fingerprint density at radius 1 is 1.31 bits per heavy atom. The van der Waals surface area contributed by atoms with Crippen LogP contribution in [0.4, 0.5) is 9.18 Å². The van der Waals surface area contributed by atoms with Gasteiger partial charge in [-0.15, -0.1) is 0 Å². The molecule has 0 aliphatic heterocycles. The Bertz CT molecular complexity index is 1050. The highest BCUT2D eigenvalue weighted by molar-refractivity contribution is 7.71. The van der Waals surface area contributed by atoms with Crippen molar-refractivity contribution in [2.45, 2.75) is 45.8 Å². The third kappa shape index (κ3) is 6.73. The van der Waals surface area contributed by atoms with Crippen molar-refractivity contribution in [3.8, 4) is 5.75 Å². The zero-order chi connectivity index (χ0) is 24.7. The first-order chi connectivity index (χ1) is 14.8. The van der Waals surface area contributed by atoms with Crippen LogP contribution in [0.1, 0.15) is 48.1 Å². The van der Waals surface area contributed by atoms with E-state index in [1.54, 1.807) is 26.8 Å². The van der Waals surface area contributed by atoms with E-state index in [1.807, 2.05) is 6.92 Å². The summed E-state index contributed by atoms with van der Waals surface area (Å²) < 4.78 is 23.8. The lowest BCUT2D eigenvalue weighted by Gasteiger charge is -2.23. The number of carbonyl (C=O) groups is 1. The summed E-state index contributed by atoms with van der Waals surface area (Å²) in [4.78, 5) is 13.4. The molecule has 0 saturated carbocycles. The lowest BCUT2D eigenvalue weighted by atomic mass is 9.88. The van der Waals surface area contributed by atoms with Gasteiger partial charge in [0, 0.05) is 17.7 Å². The molecule has 0 aliphatic rings. The molecule has 2 aromatic rings. The SMILES string of the molecule is COc1c(C(C)O)c(Cl)c[nH]c1=S.Cc1ccc(F)c(C(C)C(N)C(=N)OC(N)=O)c1C. The van der Waals surface area contributed by atoms with Gasteiger partial charge in [-0.2, -0.15) is 0 Å². The summed E-state index contributed by atoms with van der Waals surface area (Å²) in [5, 5.41) is 17.4. The topological polar surface area (TPSA) is 147 Å². The van der Waals surface area contributed by atoms with Crippen LogP contribution in [-0.2, 0) is 4.74 Å². The molecule has 0 bridgehead atoms. The van der Waals surface area contributed by atoms with Crippen molar-refractivity contribution < 1.29 is 23.8 Å². The number of hydrogen-bond acceptors (Lipinski definition) is 7. The first-order valence-corrected chi connectivity index (χ1v) is 10.3. The molecule has 8 nitrogen and oxygen atoms in total. The average Bonchev–Trinajstić information content (AvgIpc) is 2.71. The minimum Gasteiger partial charge on any atom is -0.493 e. The van der Waals surface area contributed by atoms with Crippen LogP contribution in [0, 0.1) is 29.7 Å². The fourth-order valence-electron chi connectivity index (χ4n) is 3.04. The second-order valence-corrected chi connectivity index (χ2v) is 7.91. The first-order valence-electron chi connectivity index (χ1n) is 9.53. The van der Waals surface area contributed by atoms with Gasteiger partial charge in [0.25, 0.3) is 0 Å². The Hall–Kier alpha value is -2.53. The number of nitrogens with two attached hydrogens (primary N) is 2. The highest BCUT2D eigenvalue weighted by Crippen LogP contribution is 2.31. The van der Waals surface area contributed by atoms with E-state index in [2.05, 4.69) is 9.72 Å². The summed E-state index contributed by atoms with van der Waals surface area (Å²) in [7, 11) is 1.49. The summed E-state index contributed by atoms with van der Waals surface area (Å²) in [6.07, 6.45) is -0.262. The second-order valence-electron chi connectivity index (χ2n) is 7.09. The largest absolute Gasteiger partial charge is 0.493 e. The lowest BCUT2D eigenvalue weighted by molar-refractivity contribution is 0.194. The molecule has 0 aliphatic carbocycles. The maximum atomic E-state index is 13.9. The number of nitrogens with one attached hydrogen (secondary N) is 2. The summed E-state index contributed by atoms with van der Waals surface area (Å²) in [5.41, 5.74) is 13.3. The van der Waals surface area contributed by atoms with E-state index in [9.17, 15) is 14.3 Å². The lowest BCUT2D eigenvalue weighted by Crippen LogP contribution is -2.39. The number of aliphatic hydroxyl groups excluding tert-OH is 1. The van der Waals surface area contributed by atoms with Gasteiger partial charge in [-0.25, -0.2) is 9.18 Å². The molecule has 3 atom stereocenters. The number of aryl methyl sites for hydroxylation is 1. The van der Waals surface area contributed by atoms with E-state index >= 15 is 0 Å². The molecule has 1 aromatic heterocycles. The van der Waals surface area contributed by atoms with Gasteiger partial charge in [0.2, 0.25) is 5.90 Å². The first kappa shape index (κ1) is 27.5. The predicted octanol–water partition coefficient (Wildman–Crippen LogP) is 4.41. The monoisotopic (exact) mass is 486 g/mol. The molecule has 32 heavy (non-hydrogen) atoms. The van der Waals surface area contributed by atoms with Gasteiger partial charge >= 0.3 is 6.09 Å². The number of H-pyrrole nitrogens is 1. The van der Waals surface area contributed by atoms with E-state index < -0.39 is 35.9 Å². The fraction of sp³-hybridized carbons (Fsp3) is 0.381. The third-order valence-corrected chi connectivity index (χ3v) is 5.52. The van der Waals surface area contributed by atoms with Gasteiger partial charge in [-0.05, 0) is 43.5 Å². The standard InChI is InChI=1S/C13H18FN3O2.C8H10ClNO2S/c1-6-4-5-9(14)10(7(6)2)8(3)11(15)12(16)19-13(17)18;1-4(11)6-5(9)3-10-8(13)7(6)12-2/h4-5,8,11,16H,15H2,1-3H3,(H2,17,18);3-4,11H,1-2H3,(H,10,13). The minimum absolute atomic E-state index is 0.391. The average molecular weight is 487 g/mol. The number of amides is 1. The quantitative estimate of drug-likeness (QED) is 0.240. The fourth-order valence-corrected chi connectivity index (χ4v) is 3.59. The van der Waals surface area contributed by atoms with Crippen molar-refractivity contribution >= 4 is 35.8 Å².